The number of nitrogens with zero attached hydrogens (tertiary/aromatic N) is 1. The first kappa shape index (κ1) is 15.8. The number of carbonyl (C=O) groups excluding carboxylic acids is 1. The predicted molar refractivity (Wildman–Crippen MR) is 84.1 cm³/mol. The molecule has 1 heterocycles. The molecule has 4 nitrogen and oxygen atoms in total. The molecule has 1 saturated heterocycles. The maximum absolute atomic E-state index is 12.1. The summed E-state index contributed by atoms with van der Waals surface area (Å²) < 4.78 is 5.27. The summed E-state index contributed by atoms with van der Waals surface area (Å²) in [6, 6.07) is 7.93. The zero-order valence-corrected chi connectivity index (χ0v) is 13.3. The Kier molecular flexibility index (Phi) is 5.62. The molecule has 1 aliphatic heterocycles. The molecule has 1 atom stereocenters. The monoisotopic (exact) mass is 290 g/mol. The number of amides is 1. The van der Waals surface area contributed by atoms with Gasteiger partial charge in [0, 0.05) is 6.54 Å². The van der Waals surface area contributed by atoms with Crippen molar-refractivity contribution in [3.05, 3.63) is 29.8 Å². The van der Waals surface area contributed by atoms with E-state index in [9.17, 15) is 4.79 Å². The third-order valence-electron chi connectivity index (χ3n) is 3.92. The van der Waals surface area contributed by atoms with Gasteiger partial charge in [-0.25, -0.2) is 0 Å². The summed E-state index contributed by atoms with van der Waals surface area (Å²) in [7, 11) is 1.66. The van der Waals surface area contributed by atoms with E-state index in [0.29, 0.717) is 6.54 Å². The lowest BCUT2D eigenvalue weighted by atomic mass is 10.1. The van der Waals surface area contributed by atoms with Crippen LogP contribution in [0, 0.1) is 5.92 Å². The number of carbonyl (C=O) groups is 1. The number of hydrogen-bond donors (Lipinski definition) is 1. The summed E-state index contributed by atoms with van der Waals surface area (Å²) >= 11 is 0. The summed E-state index contributed by atoms with van der Waals surface area (Å²) in [5.74, 6) is 1.74. The van der Waals surface area contributed by atoms with Crippen LogP contribution in [0.3, 0.4) is 0 Å². The molecule has 1 aromatic rings. The molecule has 2 rings (SSSR count). The molecule has 1 aliphatic rings. The Morgan fingerprint density at radius 1 is 1.38 bits per heavy atom. The molecule has 1 aromatic carbocycles. The highest BCUT2D eigenvalue weighted by Crippen LogP contribution is 2.26. The van der Waals surface area contributed by atoms with E-state index in [1.165, 1.54) is 12.8 Å². The van der Waals surface area contributed by atoms with Gasteiger partial charge in [0.1, 0.15) is 11.9 Å². The van der Waals surface area contributed by atoms with E-state index >= 15 is 0 Å². The molecular weight excluding hydrogens is 264 g/mol. The van der Waals surface area contributed by atoms with Gasteiger partial charge in [-0.3, -0.25) is 10.1 Å². The fourth-order valence-electron chi connectivity index (χ4n) is 2.74. The molecule has 1 amide bonds. The molecule has 0 spiro atoms. The van der Waals surface area contributed by atoms with Gasteiger partial charge in [-0.05, 0) is 30.0 Å². The van der Waals surface area contributed by atoms with Crippen LogP contribution in [0.2, 0.25) is 0 Å². The van der Waals surface area contributed by atoms with Crippen molar-refractivity contribution in [1.82, 2.24) is 10.2 Å². The van der Waals surface area contributed by atoms with E-state index in [1.807, 2.05) is 29.2 Å². The highest BCUT2D eigenvalue weighted by molar-refractivity contribution is 5.80. The van der Waals surface area contributed by atoms with Crippen LogP contribution in [0.5, 0.6) is 5.75 Å². The average Bonchev–Trinajstić information content (AvgIpc) is 2.84. The quantitative estimate of drug-likeness (QED) is 0.785. The molecule has 1 fully saturated rings. The summed E-state index contributed by atoms with van der Waals surface area (Å²) in [4.78, 5) is 14.0. The van der Waals surface area contributed by atoms with Crippen LogP contribution < -0.4 is 10.1 Å². The number of benzene rings is 1. The first-order valence-corrected chi connectivity index (χ1v) is 7.78. The Balaban J connectivity index is 1.98. The largest absolute Gasteiger partial charge is 0.497 e. The number of nitrogens with one attached hydrogen (secondary N) is 1. The minimum absolute atomic E-state index is 0.0216. The van der Waals surface area contributed by atoms with Crippen molar-refractivity contribution < 1.29 is 9.53 Å². The lowest BCUT2D eigenvalue weighted by Crippen LogP contribution is -2.31. The molecule has 116 valence electrons. The molecule has 0 aliphatic carbocycles. The lowest BCUT2D eigenvalue weighted by molar-refractivity contribution is -0.128. The van der Waals surface area contributed by atoms with Crippen LogP contribution in [0.15, 0.2) is 24.3 Å². The van der Waals surface area contributed by atoms with Crippen molar-refractivity contribution in [1.29, 1.82) is 0 Å². The van der Waals surface area contributed by atoms with E-state index in [-0.39, 0.29) is 12.1 Å². The minimum Gasteiger partial charge on any atom is -0.497 e. The Hall–Kier alpha value is -1.55. The number of rotatable bonds is 7. The molecular formula is C17H26N2O2. The maximum atomic E-state index is 12.1. The van der Waals surface area contributed by atoms with Crippen molar-refractivity contribution >= 4 is 5.91 Å². The second-order valence-corrected chi connectivity index (χ2v) is 6.04. The van der Waals surface area contributed by atoms with E-state index in [2.05, 4.69) is 19.2 Å². The average molecular weight is 290 g/mol. The Labute approximate surface area is 127 Å². The van der Waals surface area contributed by atoms with Gasteiger partial charge in [0.05, 0.1) is 13.7 Å². The van der Waals surface area contributed by atoms with Crippen LogP contribution in [0.1, 0.15) is 44.8 Å². The van der Waals surface area contributed by atoms with Gasteiger partial charge in [-0.15, -0.1) is 0 Å². The van der Waals surface area contributed by atoms with Gasteiger partial charge >= 0.3 is 0 Å². The lowest BCUT2D eigenvalue weighted by Gasteiger charge is -2.25. The summed E-state index contributed by atoms with van der Waals surface area (Å²) in [5.41, 5.74) is 1.09. The van der Waals surface area contributed by atoms with E-state index in [0.717, 1.165) is 30.2 Å². The van der Waals surface area contributed by atoms with Crippen LogP contribution in [-0.4, -0.2) is 31.0 Å². The summed E-state index contributed by atoms with van der Waals surface area (Å²) in [5, 5.41) is 3.29. The molecule has 4 heteroatoms. The second kappa shape index (κ2) is 7.46. The van der Waals surface area contributed by atoms with E-state index in [4.69, 9.17) is 4.74 Å². The molecule has 0 radical (unpaired) electrons. The van der Waals surface area contributed by atoms with Crippen LogP contribution in [-0.2, 0) is 4.79 Å². The Morgan fingerprint density at radius 2 is 2.19 bits per heavy atom. The van der Waals surface area contributed by atoms with Crippen molar-refractivity contribution in [3.8, 4) is 5.75 Å². The molecule has 1 N–H and O–H groups in total. The standard InChI is InChI=1S/C17H26N2O2/c1-13(2)7-4-5-10-19-16(20)12-18-17(19)14-8-6-9-15(11-14)21-3/h6,8-9,11,13,17-18H,4-5,7,10,12H2,1-3H3. The van der Waals surface area contributed by atoms with Crippen LogP contribution >= 0.6 is 0 Å². The van der Waals surface area contributed by atoms with Gasteiger partial charge in [-0.2, -0.15) is 0 Å². The van der Waals surface area contributed by atoms with Crippen molar-refractivity contribution in [2.75, 3.05) is 20.2 Å². The Morgan fingerprint density at radius 3 is 2.90 bits per heavy atom. The fraction of sp³-hybridized carbons (Fsp3) is 0.588. The number of unbranched alkanes of at least 4 members (excludes halogenated alkanes) is 1. The normalized spacial score (nSPS) is 18.6. The third kappa shape index (κ3) is 4.21. The summed E-state index contributed by atoms with van der Waals surface area (Å²) in [6.45, 7) is 5.72. The molecule has 21 heavy (non-hydrogen) atoms. The Bertz CT molecular complexity index is 474. The van der Waals surface area contributed by atoms with Crippen LogP contribution in [0.4, 0.5) is 0 Å². The van der Waals surface area contributed by atoms with Crippen LogP contribution in [0.25, 0.3) is 0 Å². The number of ether oxygens (including phenoxy) is 1. The maximum Gasteiger partial charge on any atom is 0.238 e. The predicted octanol–water partition coefficient (Wildman–Crippen LogP) is 2.95. The van der Waals surface area contributed by atoms with Gasteiger partial charge in [0.2, 0.25) is 5.91 Å². The highest BCUT2D eigenvalue weighted by atomic mass is 16.5. The molecule has 1 unspecified atom stereocenters. The molecule has 0 bridgehead atoms. The minimum atomic E-state index is -0.0216. The zero-order valence-electron chi connectivity index (χ0n) is 13.3. The first-order valence-electron chi connectivity index (χ1n) is 7.78. The van der Waals surface area contributed by atoms with Gasteiger partial charge in [-0.1, -0.05) is 38.8 Å². The second-order valence-electron chi connectivity index (χ2n) is 6.04. The van der Waals surface area contributed by atoms with Crippen molar-refractivity contribution in [2.45, 2.75) is 39.3 Å². The van der Waals surface area contributed by atoms with Gasteiger partial charge < -0.3 is 9.64 Å². The SMILES string of the molecule is COc1cccc(C2NCC(=O)N2CCCCC(C)C)c1. The van der Waals surface area contributed by atoms with E-state index < -0.39 is 0 Å². The van der Waals surface area contributed by atoms with Crippen molar-refractivity contribution in [3.63, 3.8) is 0 Å². The molecule has 0 saturated carbocycles. The number of hydrogen-bond acceptors (Lipinski definition) is 3. The van der Waals surface area contributed by atoms with Gasteiger partial charge in [0.25, 0.3) is 0 Å². The molecule has 0 aromatic heterocycles. The van der Waals surface area contributed by atoms with Crippen molar-refractivity contribution in [2.24, 2.45) is 5.92 Å². The zero-order chi connectivity index (χ0) is 15.2. The smallest absolute Gasteiger partial charge is 0.238 e. The number of methoxy groups -OCH3 is 1. The van der Waals surface area contributed by atoms with E-state index in [1.54, 1.807) is 7.11 Å². The topological polar surface area (TPSA) is 41.6 Å². The van der Waals surface area contributed by atoms with Gasteiger partial charge in [0.15, 0.2) is 0 Å². The highest BCUT2D eigenvalue weighted by Gasteiger charge is 2.31. The summed E-state index contributed by atoms with van der Waals surface area (Å²) in [6.07, 6.45) is 3.43. The fourth-order valence-corrected chi connectivity index (χ4v) is 2.74. The first-order chi connectivity index (χ1) is 10.1. The third-order valence-corrected chi connectivity index (χ3v) is 3.92.